The number of carbonyl (C=O) groups is 2. The molecular formula is C13H14N2O2. The van der Waals surface area contributed by atoms with Gasteiger partial charge in [0.1, 0.15) is 0 Å². The van der Waals surface area contributed by atoms with Gasteiger partial charge in [0, 0.05) is 18.2 Å². The Bertz CT molecular complexity index is 492. The maximum absolute atomic E-state index is 11.5. The van der Waals surface area contributed by atoms with Gasteiger partial charge in [0.15, 0.2) is 0 Å². The molecule has 0 unspecified atom stereocenters. The maximum Gasteiger partial charge on any atom is 0.228 e. The summed E-state index contributed by atoms with van der Waals surface area (Å²) in [5, 5.41) is 5.71. The van der Waals surface area contributed by atoms with E-state index in [0.717, 1.165) is 29.7 Å². The first kappa shape index (κ1) is 10.3. The zero-order valence-corrected chi connectivity index (χ0v) is 9.45. The predicted molar refractivity (Wildman–Crippen MR) is 63.3 cm³/mol. The highest BCUT2D eigenvalue weighted by atomic mass is 16.2. The number of nitrogens with one attached hydrogen (secondary N) is 2. The van der Waals surface area contributed by atoms with Gasteiger partial charge in [-0.2, -0.15) is 0 Å². The molecule has 0 saturated heterocycles. The van der Waals surface area contributed by atoms with Crippen LogP contribution in [0.3, 0.4) is 0 Å². The summed E-state index contributed by atoms with van der Waals surface area (Å²) in [5.74, 6) is 0.437. The summed E-state index contributed by atoms with van der Waals surface area (Å²) in [4.78, 5) is 22.7. The van der Waals surface area contributed by atoms with E-state index in [1.807, 2.05) is 18.2 Å². The smallest absolute Gasteiger partial charge is 0.228 e. The van der Waals surface area contributed by atoms with E-state index in [2.05, 4.69) is 10.6 Å². The van der Waals surface area contributed by atoms with Crippen molar-refractivity contribution < 1.29 is 9.59 Å². The number of hydrogen-bond donors (Lipinski definition) is 2. The fraction of sp³-hybridized carbons (Fsp3) is 0.385. The largest absolute Gasteiger partial charge is 0.352 e. The average Bonchev–Trinajstić information content (AvgIpc) is 3.08. The molecule has 1 aliphatic heterocycles. The third kappa shape index (κ3) is 2.16. The third-order valence-corrected chi connectivity index (χ3v) is 3.21. The number of rotatable bonds is 3. The molecule has 0 atom stereocenters. The Balaban J connectivity index is 1.66. The Kier molecular flexibility index (Phi) is 2.35. The predicted octanol–water partition coefficient (Wildman–Crippen LogP) is 1.21. The van der Waals surface area contributed by atoms with Gasteiger partial charge in [-0.3, -0.25) is 9.59 Å². The lowest BCUT2D eigenvalue weighted by Crippen LogP contribution is -2.24. The normalized spacial score (nSPS) is 17.5. The van der Waals surface area contributed by atoms with Gasteiger partial charge in [-0.05, 0) is 30.0 Å². The van der Waals surface area contributed by atoms with Crippen LogP contribution in [0.1, 0.15) is 24.0 Å². The van der Waals surface area contributed by atoms with Crippen LogP contribution in [-0.4, -0.2) is 11.8 Å². The number of fused-ring (bicyclic) bond motifs is 1. The Labute approximate surface area is 99.4 Å². The highest BCUT2D eigenvalue weighted by Gasteiger charge is 2.29. The molecule has 0 bridgehead atoms. The van der Waals surface area contributed by atoms with Crippen LogP contribution < -0.4 is 10.6 Å². The third-order valence-electron chi connectivity index (χ3n) is 3.21. The van der Waals surface area contributed by atoms with Crippen molar-refractivity contribution in [2.24, 2.45) is 5.92 Å². The second kappa shape index (κ2) is 3.87. The standard InChI is InChI=1S/C13H14N2O2/c16-12-6-10-5-8(1-4-11(10)15-12)7-14-13(17)9-2-3-9/h1,4-5,9H,2-3,6-7H2,(H,14,17)(H,15,16). The molecule has 1 heterocycles. The quantitative estimate of drug-likeness (QED) is 0.820. The Morgan fingerprint density at radius 3 is 3.00 bits per heavy atom. The van der Waals surface area contributed by atoms with Crippen LogP contribution in [0.2, 0.25) is 0 Å². The van der Waals surface area contributed by atoms with Gasteiger partial charge >= 0.3 is 0 Å². The van der Waals surface area contributed by atoms with E-state index in [0.29, 0.717) is 13.0 Å². The van der Waals surface area contributed by atoms with E-state index in [9.17, 15) is 9.59 Å². The van der Waals surface area contributed by atoms with Gasteiger partial charge < -0.3 is 10.6 Å². The average molecular weight is 230 g/mol. The molecule has 1 aromatic rings. The highest BCUT2D eigenvalue weighted by Crippen LogP contribution is 2.29. The van der Waals surface area contributed by atoms with Crippen LogP contribution in [0.25, 0.3) is 0 Å². The molecule has 4 nitrogen and oxygen atoms in total. The fourth-order valence-electron chi connectivity index (χ4n) is 2.07. The minimum absolute atomic E-state index is 0.0409. The van der Waals surface area contributed by atoms with Crippen molar-refractivity contribution in [3.05, 3.63) is 29.3 Å². The lowest BCUT2D eigenvalue weighted by molar-refractivity contribution is -0.122. The van der Waals surface area contributed by atoms with Gasteiger partial charge in [-0.25, -0.2) is 0 Å². The summed E-state index contributed by atoms with van der Waals surface area (Å²) < 4.78 is 0. The van der Waals surface area contributed by atoms with E-state index in [-0.39, 0.29) is 17.7 Å². The zero-order valence-electron chi connectivity index (χ0n) is 9.45. The van der Waals surface area contributed by atoms with Crippen LogP contribution in [0.5, 0.6) is 0 Å². The molecule has 1 aromatic carbocycles. The topological polar surface area (TPSA) is 58.2 Å². The van der Waals surface area contributed by atoms with Crippen LogP contribution in [0.15, 0.2) is 18.2 Å². The summed E-state index contributed by atoms with van der Waals surface area (Å²) in [6.45, 7) is 0.552. The number of carbonyl (C=O) groups excluding carboxylic acids is 2. The van der Waals surface area contributed by atoms with Crippen LogP contribution in [0, 0.1) is 5.92 Å². The SMILES string of the molecule is O=C1Cc2cc(CNC(=O)C3CC3)ccc2N1. The number of benzene rings is 1. The molecule has 3 rings (SSSR count). The first-order valence-electron chi connectivity index (χ1n) is 5.92. The van der Waals surface area contributed by atoms with Crippen molar-refractivity contribution in [3.63, 3.8) is 0 Å². The first-order valence-corrected chi connectivity index (χ1v) is 5.92. The van der Waals surface area contributed by atoms with Gasteiger partial charge in [0.05, 0.1) is 6.42 Å². The summed E-state index contributed by atoms with van der Waals surface area (Å²) in [6, 6.07) is 5.83. The number of amides is 2. The van der Waals surface area contributed by atoms with Crippen molar-refractivity contribution in [2.45, 2.75) is 25.8 Å². The van der Waals surface area contributed by atoms with Crippen molar-refractivity contribution >= 4 is 17.5 Å². The van der Waals surface area contributed by atoms with Crippen molar-refractivity contribution in [1.29, 1.82) is 0 Å². The zero-order chi connectivity index (χ0) is 11.8. The molecular weight excluding hydrogens is 216 g/mol. The number of anilines is 1. The molecule has 17 heavy (non-hydrogen) atoms. The van der Waals surface area contributed by atoms with Gasteiger partial charge in [-0.15, -0.1) is 0 Å². The fourth-order valence-corrected chi connectivity index (χ4v) is 2.07. The molecule has 1 fully saturated rings. The van der Waals surface area contributed by atoms with E-state index in [1.54, 1.807) is 0 Å². The molecule has 1 aliphatic carbocycles. The summed E-state index contributed by atoms with van der Waals surface area (Å²) in [7, 11) is 0. The van der Waals surface area contributed by atoms with E-state index >= 15 is 0 Å². The van der Waals surface area contributed by atoms with E-state index < -0.39 is 0 Å². The van der Waals surface area contributed by atoms with Gasteiger partial charge in [-0.1, -0.05) is 12.1 Å². The molecule has 0 radical (unpaired) electrons. The highest BCUT2D eigenvalue weighted by molar-refractivity contribution is 5.99. The molecule has 2 aliphatic rings. The lowest BCUT2D eigenvalue weighted by Gasteiger charge is -2.06. The molecule has 2 amide bonds. The monoisotopic (exact) mass is 230 g/mol. The summed E-state index contributed by atoms with van der Waals surface area (Å²) >= 11 is 0. The first-order chi connectivity index (χ1) is 8.22. The van der Waals surface area contributed by atoms with Crippen molar-refractivity contribution in [1.82, 2.24) is 5.32 Å². The second-order valence-electron chi connectivity index (χ2n) is 4.71. The molecule has 88 valence electrons. The Morgan fingerprint density at radius 1 is 1.41 bits per heavy atom. The van der Waals surface area contributed by atoms with Gasteiger partial charge in [0.2, 0.25) is 11.8 Å². The minimum atomic E-state index is 0.0409. The lowest BCUT2D eigenvalue weighted by atomic mass is 10.1. The van der Waals surface area contributed by atoms with Gasteiger partial charge in [0.25, 0.3) is 0 Å². The van der Waals surface area contributed by atoms with Crippen molar-refractivity contribution in [3.8, 4) is 0 Å². The van der Waals surface area contributed by atoms with E-state index in [4.69, 9.17) is 0 Å². The van der Waals surface area contributed by atoms with Crippen LogP contribution in [0.4, 0.5) is 5.69 Å². The second-order valence-corrected chi connectivity index (χ2v) is 4.71. The van der Waals surface area contributed by atoms with E-state index in [1.165, 1.54) is 0 Å². The molecule has 2 N–H and O–H groups in total. The van der Waals surface area contributed by atoms with Crippen LogP contribution >= 0.6 is 0 Å². The number of hydrogen-bond acceptors (Lipinski definition) is 2. The maximum atomic E-state index is 11.5. The summed E-state index contributed by atoms with van der Waals surface area (Å²) in [5.41, 5.74) is 2.97. The van der Waals surface area contributed by atoms with Crippen LogP contribution in [-0.2, 0) is 22.6 Å². The molecule has 1 saturated carbocycles. The Morgan fingerprint density at radius 2 is 2.24 bits per heavy atom. The van der Waals surface area contributed by atoms with Crippen molar-refractivity contribution in [2.75, 3.05) is 5.32 Å². The molecule has 0 spiro atoms. The molecule has 0 aromatic heterocycles. The minimum Gasteiger partial charge on any atom is -0.352 e. The summed E-state index contributed by atoms with van der Waals surface area (Å²) in [6.07, 6.45) is 2.49. The Hall–Kier alpha value is -1.84. The molecule has 4 heteroatoms.